The van der Waals surface area contributed by atoms with Gasteiger partial charge in [-0.3, -0.25) is 9.59 Å². The van der Waals surface area contributed by atoms with Crippen molar-refractivity contribution in [3.63, 3.8) is 0 Å². The van der Waals surface area contributed by atoms with E-state index in [1.54, 1.807) is 4.90 Å². The Morgan fingerprint density at radius 1 is 1.12 bits per heavy atom. The highest BCUT2D eigenvalue weighted by Crippen LogP contribution is 2.28. The molecule has 0 radical (unpaired) electrons. The van der Waals surface area contributed by atoms with Crippen molar-refractivity contribution in [1.29, 1.82) is 0 Å². The van der Waals surface area contributed by atoms with E-state index in [1.165, 1.54) is 5.56 Å². The summed E-state index contributed by atoms with van der Waals surface area (Å²) >= 11 is 0. The summed E-state index contributed by atoms with van der Waals surface area (Å²) in [6, 6.07) is 15.0. The number of nitrogens with one attached hydrogen (secondary N) is 1. The lowest BCUT2D eigenvalue weighted by atomic mass is 9.96. The lowest BCUT2D eigenvalue weighted by molar-refractivity contribution is -0.122. The van der Waals surface area contributed by atoms with Gasteiger partial charge in [0.25, 0.3) is 5.91 Å². The fourth-order valence-corrected chi connectivity index (χ4v) is 3.47. The molecule has 0 spiro atoms. The molecule has 0 fully saturated rings. The number of hydrogen-bond acceptors (Lipinski definition) is 2. The van der Waals surface area contributed by atoms with Crippen LogP contribution in [0.5, 0.6) is 0 Å². The van der Waals surface area contributed by atoms with E-state index in [0.717, 1.165) is 24.1 Å². The van der Waals surface area contributed by atoms with Crippen LogP contribution in [0.2, 0.25) is 0 Å². The summed E-state index contributed by atoms with van der Waals surface area (Å²) in [6.07, 6.45) is 1.79. The molecule has 4 heteroatoms. The molecule has 0 aromatic heterocycles. The maximum Gasteiger partial charge on any atom is 0.255 e. The molecule has 2 aromatic rings. The van der Waals surface area contributed by atoms with Gasteiger partial charge in [0.15, 0.2) is 0 Å². The molecule has 0 saturated heterocycles. The molecular formula is C22H26N2O2. The normalized spacial score (nSPS) is 15.5. The van der Waals surface area contributed by atoms with Gasteiger partial charge < -0.3 is 10.2 Å². The Kier molecular flexibility index (Phi) is 5.40. The van der Waals surface area contributed by atoms with E-state index in [4.69, 9.17) is 0 Å². The van der Waals surface area contributed by atoms with Gasteiger partial charge in [-0.25, -0.2) is 0 Å². The standard InChI is InChI=1S/C22H26N2O2/c1-4-15(3)20(21(25)23-18-12-10-16(5-2)11-13-18)24-14-17-8-6-7-9-19(17)22(24)26/h6-13,15,20H,4-5,14H2,1-3H3,(H,23,25)/t15-,20-/m0/s1. The smallest absolute Gasteiger partial charge is 0.255 e. The van der Waals surface area contributed by atoms with Crippen LogP contribution in [0.1, 0.15) is 48.7 Å². The average molecular weight is 350 g/mol. The minimum Gasteiger partial charge on any atom is -0.324 e. The predicted octanol–water partition coefficient (Wildman–Crippen LogP) is 4.26. The highest BCUT2D eigenvalue weighted by atomic mass is 16.2. The molecule has 2 atom stereocenters. The molecular weight excluding hydrogens is 324 g/mol. The number of hydrogen-bond donors (Lipinski definition) is 1. The molecule has 1 aliphatic heterocycles. The number of rotatable bonds is 6. The second-order valence-electron chi connectivity index (χ2n) is 6.96. The summed E-state index contributed by atoms with van der Waals surface area (Å²) in [4.78, 5) is 27.6. The first-order chi connectivity index (χ1) is 12.5. The zero-order valence-electron chi connectivity index (χ0n) is 15.7. The first-order valence-electron chi connectivity index (χ1n) is 9.33. The highest BCUT2D eigenvalue weighted by Gasteiger charge is 2.38. The SMILES string of the molecule is CCc1ccc(NC(=O)[C@H]([C@@H](C)CC)N2Cc3ccccc3C2=O)cc1. The third kappa shape index (κ3) is 3.50. The van der Waals surface area contributed by atoms with Crippen molar-refractivity contribution in [3.8, 4) is 0 Å². The summed E-state index contributed by atoms with van der Waals surface area (Å²) in [5.74, 6) is -0.102. The molecule has 2 aromatic carbocycles. The predicted molar refractivity (Wildman–Crippen MR) is 104 cm³/mol. The third-order valence-electron chi connectivity index (χ3n) is 5.27. The Bertz CT molecular complexity index is 798. The van der Waals surface area contributed by atoms with E-state index in [2.05, 4.69) is 19.2 Å². The first-order valence-corrected chi connectivity index (χ1v) is 9.33. The number of nitrogens with zero attached hydrogens (tertiary/aromatic N) is 1. The van der Waals surface area contributed by atoms with Gasteiger partial charge in [-0.05, 0) is 41.7 Å². The molecule has 136 valence electrons. The Labute approximate surface area is 155 Å². The topological polar surface area (TPSA) is 49.4 Å². The number of benzene rings is 2. The molecule has 1 heterocycles. The first kappa shape index (κ1) is 18.2. The number of amides is 2. The van der Waals surface area contributed by atoms with E-state index in [-0.39, 0.29) is 17.7 Å². The maximum absolute atomic E-state index is 13.0. The van der Waals surface area contributed by atoms with Crippen molar-refractivity contribution in [2.75, 3.05) is 5.32 Å². The molecule has 0 unspecified atom stereocenters. The third-order valence-corrected chi connectivity index (χ3v) is 5.27. The van der Waals surface area contributed by atoms with Crippen molar-refractivity contribution in [1.82, 2.24) is 4.90 Å². The van der Waals surface area contributed by atoms with Crippen molar-refractivity contribution in [3.05, 3.63) is 65.2 Å². The number of aryl methyl sites for hydroxylation is 1. The van der Waals surface area contributed by atoms with Gasteiger partial charge in [-0.15, -0.1) is 0 Å². The van der Waals surface area contributed by atoms with Crippen LogP contribution in [0.25, 0.3) is 0 Å². The van der Waals surface area contributed by atoms with E-state index in [0.29, 0.717) is 12.1 Å². The molecule has 0 aliphatic carbocycles. The molecule has 2 amide bonds. The molecule has 26 heavy (non-hydrogen) atoms. The molecule has 0 bridgehead atoms. The van der Waals surface area contributed by atoms with Crippen LogP contribution in [0.4, 0.5) is 5.69 Å². The van der Waals surface area contributed by atoms with Crippen molar-refractivity contribution >= 4 is 17.5 Å². The molecule has 4 nitrogen and oxygen atoms in total. The number of carbonyl (C=O) groups is 2. The van der Waals surface area contributed by atoms with E-state index < -0.39 is 6.04 Å². The minimum absolute atomic E-state index is 0.0534. The van der Waals surface area contributed by atoms with Gasteiger partial charge in [0, 0.05) is 17.8 Å². The summed E-state index contributed by atoms with van der Waals surface area (Å²) in [7, 11) is 0. The van der Waals surface area contributed by atoms with Gasteiger partial charge in [0.05, 0.1) is 0 Å². The maximum atomic E-state index is 13.0. The largest absolute Gasteiger partial charge is 0.324 e. The molecule has 3 rings (SSSR count). The molecule has 0 saturated carbocycles. The second kappa shape index (κ2) is 7.73. The number of fused-ring (bicyclic) bond motifs is 1. The van der Waals surface area contributed by atoms with Crippen molar-refractivity contribution in [2.24, 2.45) is 5.92 Å². The minimum atomic E-state index is -0.481. The van der Waals surface area contributed by atoms with Gasteiger partial charge >= 0.3 is 0 Å². The summed E-state index contributed by atoms with van der Waals surface area (Å²) in [6.45, 7) is 6.67. The van der Waals surface area contributed by atoms with E-state index in [9.17, 15) is 9.59 Å². The second-order valence-corrected chi connectivity index (χ2v) is 6.96. The lowest BCUT2D eigenvalue weighted by Crippen LogP contribution is -2.48. The van der Waals surface area contributed by atoms with Gasteiger partial charge in [0.1, 0.15) is 6.04 Å². The lowest BCUT2D eigenvalue weighted by Gasteiger charge is -2.31. The van der Waals surface area contributed by atoms with Crippen LogP contribution >= 0.6 is 0 Å². The van der Waals surface area contributed by atoms with E-state index >= 15 is 0 Å². The fraction of sp³-hybridized carbons (Fsp3) is 0.364. The zero-order valence-corrected chi connectivity index (χ0v) is 15.7. The van der Waals surface area contributed by atoms with E-state index in [1.807, 2.05) is 55.5 Å². The summed E-state index contributed by atoms with van der Waals surface area (Å²) in [5, 5.41) is 3.00. The molecule has 1 aliphatic rings. The quantitative estimate of drug-likeness (QED) is 0.846. The van der Waals surface area contributed by atoms with Crippen LogP contribution in [0.15, 0.2) is 48.5 Å². The number of carbonyl (C=O) groups excluding carboxylic acids is 2. The monoisotopic (exact) mass is 350 g/mol. The number of anilines is 1. The summed E-state index contributed by atoms with van der Waals surface area (Å²) in [5.41, 5.74) is 3.70. The van der Waals surface area contributed by atoms with Crippen LogP contribution in [-0.4, -0.2) is 22.8 Å². The van der Waals surface area contributed by atoms with Crippen LogP contribution < -0.4 is 5.32 Å². The van der Waals surface area contributed by atoms with Gasteiger partial charge in [-0.2, -0.15) is 0 Å². The highest BCUT2D eigenvalue weighted by molar-refractivity contribution is 6.03. The van der Waals surface area contributed by atoms with Crippen LogP contribution in [-0.2, 0) is 17.8 Å². The Morgan fingerprint density at radius 3 is 2.42 bits per heavy atom. The zero-order chi connectivity index (χ0) is 18.7. The van der Waals surface area contributed by atoms with Gasteiger partial charge in [-0.1, -0.05) is 57.5 Å². The molecule has 1 N–H and O–H groups in total. The van der Waals surface area contributed by atoms with Crippen molar-refractivity contribution in [2.45, 2.75) is 46.2 Å². The van der Waals surface area contributed by atoms with Crippen molar-refractivity contribution < 1.29 is 9.59 Å². The summed E-state index contributed by atoms with van der Waals surface area (Å²) < 4.78 is 0. The Morgan fingerprint density at radius 2 is 1.81 bits per heavy atom. The Hall–Kier alpha value is -2.62. The Balaban J connectivity index is 1.82. The van der Waals surface area contributed by atoms with Crippen LogP contribution in [0.3, 0.4) is 0 Å². The van der Waals surface area contributed by atoms with Gasteiger partial charge in [0.2, 0.25) is 5.91 Å². The fourth-order valence-electron chi connectivity index (χ4n) is 3.47. The van der Waals surface area contributed by atoms with Crippen LogP contribution in [0, 0.1) is 5.92 Å². The average Bonchev–Trinajstić information content (AvgIpc) is 2.99.